The zero-order valence-corrected chi connectivity index (χ0v) is 19.5. The monoisotopic (exact) mass is 450 g/mol. The fraction of sp³-hybridized carbons (Fsp3) is 0.760. The summed E-state index contributed by atoms with van der Waals surface area (Å²) in [4.78, 5) is 25.1. The highest BCUT2D eigenvalue weighted by Crippen LogP contribution is 2.69. The molecule has 3 fully saturated rings. The average Bonchev–Trinajstić information content (AvgIpc) is 2.89. The maximum absolute atomic E-state index is 17.0. The minimum atomic E-state index is -2.14. The summed E-state index contributed by atoms with van der Waals surface area (Å²) < 4.78 is 22.6. The number of fused-ring (bicyclic) bond motifs is 5. The Bertz CT molecular complexity index is 905. The summed E-state index contributed by atoms with van der Waals surface area (Å²) in [5.41, 5.74) is -6.53. The van der Waals surface area contributed by atoms with E-state index < -0.39 is 57.5 Å². The van der Waals surface area contributed by atoms with Crippen molar-refractivity contribution in [3.05, 3.63) is 23.8 Å². The third-order valence-electron chi connectivity index (χ3n) is 8.92. The lowest BCUT2D eigenvalue weighted by atomic mass is 9.44. The van der Waals surface area contributed by atoms with Crippen molar-refractivity contribution in [2.24, 2.45) is 22.7 Å². The lowest BCUT2D eigenvalue weighted by Crippen LogP contribution is -2.69. The van der Waals surface area contributed by atoms with Crippen LogP contribution in [0.3, 0.4) is 0 Å². The number of rotatable bonds is 3. The van der Waals surface area contributed by atoms with Gasteiger partial charge in [0.1, 0.15) is 6.61 Å². The number of Topliss-reactive ketones (excluding diaryl/α,β-unsaturated/α-hetero) is 1. The van der Waals surface area contributed by atoms with Gasteiger partial charge in [-0.05, 0) is 71.4 Å². The molecule has 0 spiro atoms. The fourth-order valence-corrected chi connectivity index (χ4v) is 7.12. The Morgan fingerprint density at radius 3 is 2.50 bits per heavy atom. The normalized spacial score (nSPS) is 48.0. The van der Waals surface area contributed by atoms with Crippen LogP contribution in [0.4, 0.5) is 4.39 Å². The van der Waals surface area contributed by atoms with Gasteiger partial charge in [0.15, 0.2) is 22.8 Å². The quantitative estimate of drug-likeness (QED) is 0.610. The first-order valence-electron chi connectivity index (χ1n) is 11.5. The maximum Gasteiger partial charge on any atom is 0.193 e. The molecule has 32 heavy (non-hydrogen) atoms. The average molecular weight is 451 g/mol. The van der Waals surface area contributed by atoms with Gasteiger partial charge in [-0.25, -0.2) is 4.39 Å². The van der Waals surface area contributed by atoms with E-state index in [9.17, 15) is 24.9 Å². The van der Waals surface area contributed by atoms with E-state index in [1.807, 2.05) is 0 Å². The SMILES string of the molecule is CC(C)(C)OCC(=O)[C@@]1(O)[C@H](O)C[C@H]2[C@@H]3CCC4=CC(=O)C=C[C@]4(C)[C@@]3(F)[C@@H](O)C[C@@]21C. The van der Waals surface area contributed by atoms with Crippen LogP contribution in [0.1, 0.15) is 60.3 Å². The van der Waals surface area contributed by atoms with Crippen LogP contribution in [-0.2, 0) is 14.3 Å². The summed E-state index contributed by atoms with van der Waals surface area (Å²) in [6, 6.07) is 0. The zero-order chi connectivity index (χ0) is 23.9. The van der Waals surface area contributed by atoms with Gasteiger partial charge in [-0.2, -0.15) is 0 Å². The van der Waals surface area contributed by atoms with E-state index in [0.717, 1.165) is 0 Å². The van der Waals surface area contributed by atoms with Crippen molar-refractivity contribution in [1.82, 2.24) is 0 Å². The van der Waals surface area contributed by atoms with Crippen LogP contribution >= 0.6 is 0 Å². The topological polar surface area (TPSA) is 104 Å². The van der Waals surface area contributed by atoms with Crippen LogP contribution in [0.15, 0.2) is 23.8 Å². The Morgan fingerprint density at radius 2 is 1.88 bits per heavy atom. The minimum absolute atomic E-state index is 0.0646. The molecule has 4 rings (SSSR count). The van der Waals surface area contributed by atoms with Crippen LogP contribution in [0, 0.1) is 22.7 Å². The molecule has 0 aromatic rings. The van der Waals surface area contributed by atoms with Crippen molar-refractivity contribution >= 4 is 11.6 Å². The predicted octanol–water partition coefficient (Wildman–Crippen LogP) is 2.44. The predicted molar refractivity (Wildman–Crippen MR) is 115 cm³/mol. The Labute approximate surface area is 188 Å². The zero-order valence-electron chi connectivity index (χ0n) is 19.5. The van der Waals surface area contributed by atoms with Crippen molar-refractivity contribution in [3.8, 4) is 0 Å². The van der Waals surface area contributed by atoms with E-state index in [0.29, 0.717) is 18.4 Å². The van der Waals surface area contributed by atoms with Crippen LogP contribution < -0.4 is 0 Å². The Morgan fingerprint density at radius 1 is 1.22 bits per heavy atom. The summed E-state index contributed by atoms with van der Waals surface area (Å²) in [6.45, 7) is 8.38. The Kier molecular flexibility index (Phi) is 5.23. The fourth-order valence-electron chi connectivity index (χ4n) is 7.12. The van der Waals surface area contributed by atoms with Crippen molar-refractivity contribution in [2.45, 2.75) is 89.4 Å². The largest absolute Gasteiger partial charge is 0.390 e. The van der Waals surface area contributed by atoms with E-state index in [1.165, 1.54) is 12.2 Å². The van der Waals surface area contributed by atoms with Gasteiger partial charge >= 0.3 is 0 Å². The summed E-state index contributed by atoms with van der Waals surface area (Å²) in [5, 5.41) is 33.8. The van der Waals surface area contributed by atoms with Gasteiger partial charge in [0.2, 0.25) is 0 Å². The molecule has 8 atom stereocenters. The molecule has 6 nitrogen and oxygen atoms in total. The standard InChI is InChI=1S/C25H35FO6/c1-21(2,3)32-13-20(30)25(31)18(28)11-17-16-7-6-14-10-15(27)8-9-22(14,4)24(16,26)19(29)12-23(17,25)5/h8-10,16-19,28-29,31H,6-7,11-13H2,1-5H3/t16-,17-,18+,19-,22-,23-,24-,25-/m0/s1. The van der Waals surface area contributed by atoms with E-state index in [2.05, 4.69) is 0 Å². The van der Waals surface area contributed by atoms with Crippen molar-refractivity contribution in [1.29, 1.82) is 0 Å². The third-order valence-corrected chi connectivity index (χ3v) is 8.92. The van der Waals surface area contributed by atoms with Crippen LogP contribution in [0.5, 0.6) is 0 Å². The molecule has 7 heteroatoms. The Hall–Kier alpha value is -1.41. The molecular formula is C25H35FO6. The second kappa shape index (κ2) is 7.05. The summed E-state index contributed by atoms with van der Waals surface area (Å²) in [5.74, 6) is -2.03. The summed E-state index contributed by atoms with van der Waals surface area (Å²) in [6.07, 6.45) is 2.25. The van der Waals surface area contributed by atoms with Crippen LogP contribution in [-0.4, -0.2) is 62.6 Å². The molecule has 0 radical (unpaired) electrons. The van der Waals surface area contributed by atoms with Gasteiger partial charge < -0.3 is 20.1 Å². The number of allylic oxidation sites excluding steroid dienone is 4. The number of carbonyl (C=O) groups is 2. The summed E-state index contributed by atoms with van der Waals surface area (Å²) >= 11 is 0. The highest BCUT2D eigenvalue weighted by Gasteiger charge is 2.76. The van der Waals surface area contributed by atoms with Crippen LogP contribution in [0.2, 0.25) is 0 Å². The smallest absolute Gasteiger partial charge is 0.193 e. The molecule has 4 aliphatic carbocycles. The minimum Gasteiger partial charge on any atom is -0.390 e. The lowest BCUT2D eigenvalue weighted by Gasteiger charge is -2.62. The molecule has 0 aromatic heterocycles. The lowest BCUT2D eigenvalue weighted by molar-refractivity contribution is -0.223. The Balaban J connectivity index is 1.73. The van der Waals surface area contributed by atoms with Gasteiger partial charge in [-0.1, -0.05) is 18.6 Å². The number of halogens is 1. The number of aliphatic hydroxyl groups is 3. The van der Waals surface area contributed by atoms with Gasteiger partial charge in [-0.15, -0.1) is 0 Å². The van der Waals surface area contributed by atoms with Crippen molar-refractivity contribution in [2.75, 3.05) is 6.61 Å². The number of hydrogen-bond acceptors (Lipinski definition) is 6. The van der Waals surface area contributed by atoms with Gasteiger partial charge in [0.25, 0.3) is 0 Å². The first-order valence-corrected chi connectivity index (χ1v) is 11.5. The molecule has 3 N–H and O–H groups in total. The molecular weight excluding hydrogens is 415 g/mol. The molecule has 3 saturated carbocycles. The number of ether oxygens (including phenoxy) is 1. The molecule has 178 valence electrons. The number of ketones is 2. The first kappa shape index (κ1) is 23.7. The first-order chi connectivity index (χ1) is 14.6. The second-order valence-electron chi connectivity index (χ2n) is 11.6. The van der Waals surface area contributed by atoms with Gasteiger partial charge in [0.05, 0.1) is 17.8 Å². The van der Waals surface area contributed by atoms with E-state index in [4.69, 9.17) is 4.74 Å². The molecule has 4 aliphatic rings. The van der Waals surface area contributed by atoms with Gasteiger partial charge in [0, 0.05) is 16.7 Å². The van der Waals surface area contributed by atoms with Crippen molar-refractivity contribution in [3.63, 3.8) is 0 Å². The number of hydrogen-bond donors (Lipinski definition) is 3. The molecule has 0 saturated heterocycles. The molecule has 0 bridgehead atoms. The molecule has 0 heterocycles. The summed E-state index contributed by atoms with van der Waals surface area (Å²) in [7, 11) is 0. The number of carbonyl (C=O) groups excluding carboxylic acids is 2. The van der Waals surface area contributed by atoms with Gasteiger partial charge in [-0.3, -0.25) is 9.59 Å². The maximum atomic E-state index is 17.0. The molecule has 0 amide bonds. The number of alkyl halides is 1. The van der Waals surface area contributed by atoms with E-state index >= 15 is 4.39 Å². The molecule has 0 unspecified atom stereocenters. The second-order valence-corrected chi connectivity index (χ2v) is 11.6. The highest BCUT2D eigenvalue weighted by molar-refractivity contribution is 6.01. The molecule has 0 aliphatic heterocycles. The number of aliphatic hydroxyl groups excluding tert-OH is 2. The van der Waals surface area contributed by atoms with Crippen molar-refractivity contribution < 1.29 is 34.0 Å². The highest BCUT2D eigenvalue weighted by atomic mass is 19.1. The molecule has 0 aromatic carbocycles. The van der Waals surface area contributed by atoms with E-state index in [-0.39, 0.29) is 25.2 Å². The van der Waals surface area contributed by atoms with Crippen LogP contribution in [0.25, 0.3) is 0 Å². The van der Waals surface area contributed by atoms with E-state index in [1.54, 1.807) is 40.7 Å². The third kappa shape index (κ3) is 2.90.